The van der Waals surface area contributed by atoms with Gasteiger partial charge in [-0.05, 0) is 49.6 Å². The van der Waals surface area contributed by atoms with E-state index in [9.17, 15) is 10.4 Å². The zero-order chi connectivity index (χ0) is 28.5. The van der Waals surface area contributed by atoms with Crippen LogP contribution in [0.25, 0.3) is 10.9 Å². The molecule has 4 rings (SSSR count). The molecule has 2 aromatic carbocycles. The van der Waals surface area contributed by atoms with Gasteiger partial charge in [0.05, 0.1) is 39.6 Å². The first-order valence-corrected chi connectivity index (χ1v) is 13.4. The van der Waals surface area contributed by atoms with E-state index < -0.39 is 6.04 Å². The number of anilines is 2. The van der Waals surface area contributed by atoms with Crippen LogP contribution in [0.2, 0.25) is 5.02 Å². The molecule has 0 radical (unpaired) electrons. The van der Waals surface area contributed by atoms with Crippen molar-refractivity contribution >= 4 is 33.9 Å². The molecule has 2 heterocycles. The highest BCUT2D eigenvalue weighted by atomic mass is 35.5. The van der Waals surface area contributed by atoms with Gasteiger partial charge in [0, 0.05) is 48.5 Å². The van der Waals surface area contributed by atoms with Gasteiger partial charge >= 0.3 is 0 Å². The third kappa shape index (κ3) is 6.79. The molecular formula is C30H33ClN8O. The van der Waals surface area contributed by atoms with Gasteiger partial charge in [-0.15, -0.1) is 0 Å². The Morgan fingerprint density at radius 2 is 1.88 bits per heavy atom. The van der Waals surface area contributed by atoms with Gasteiger partial charge in [0.25, 0.3) is 0 Å². The fraction of sp³-hybridized carbons (Fsp3) is 0.233. The van der Waals surface area contributed by atoms with Crippen LogP contribution in [-0.2, 0) is 0 Å². The van der Waals surface area contributed by atoms with Gasteiger partial charge in [-0.3, -0.25) is 15.8 Å². The van der Waals surface area contributed by atoms with E-state index in [2.05, 4.69) is 37.4 Å². The van der Waals surface area contributed by atoms with Crippen molar-refractivity contribution in [3.63, 3.8) is 0 Å². The van der Waals surface area contributed by atoms with Crippen LogP contribution < -0.4 is 27.2 Å². The zero-order valence-electron chi connectivity index (χ0n) is 22.4. The maximum absolute atomic E-state index is 9.96. The summed E-state index contributed by atoms with van der Waals surface area (Å²) in [6, 6.07) is 19.1. The maximum atomic E-state index is 9.96. The number of nitrogens with zero attached hydrogens (tertiary/aromatic N) is 3. The minimum Gasteiger partial charge on any atom is -0.396 e. The van der Waals surface area contributed by atoms with E-state index >= 15 is 0 Å². The van der Waals surface area contributed by atoms with Gasteiger partial charge in [-0.25, -0.2) is 0 Å². The maximum Gasteiger partial charge on any atom is 0.103 e. The average Bonchev–Trinajstić information content (AvgIpc) is 2.97. The minimum absolute atomic E-state index is 0.0244. The van der Waals surface area contributed by atoms with Crippen molar-refractivity contribution in [3.05, 3.63) is 107 Å². The molecule has 0 aliphatic heterocycles. The van der Waals surface area contributed by atoms with E-state index in [0.717, 1.165) is 11.1 Å². The van der Waals surface area contributed by atoms with Crippen LogP contribution in [0.5, 0.6) is 0 Å². The van der Waals surface area contributed by atoms with Crippen LogP contribution in [0.4, 0.5) is 11.4 Å². The number of nitriles is 1. The van der Waals surface area contributed by atoms with E-state index in [1.807, 2.05) is 68.6 Å². The molecule has 0 aliphatic rings. The molecule has 4 aromatic rings. The van der Waals surface area contributed by atoms with Crippen LogP contribution in [0.3, 0.4) is 0 Å². The molecule has 7 N–H and O–H groups in total. The fourth-order valence-electron chi connectivity index (χ4n) is 4.41. The summed E-state index contributed by atoms with van der Waals surface area (Å²) < 4.78 is 0. The van der Waals surface area contributed by atoms with Gasteiger partial charge in [0.15, 0.2) is 0 Å². The molecule has 206 valence electrons. The number of rotatable bonds is 12. The number of hydrogen-bond donors (Lipinski definition) is 6. The number of hydrazine groups is 1. The van der Waals surface area contributed by atoms with E-state index in [0.29, 0.717) is 45.0 Å². The monoisotopic (exact) mass is 556 g/mol. The molecule has 0 fully saturated rings. The standard InChI is InChI=1S/C30H33ClN8O/c1-19(2)35-18-27(39-33)29(21-9-6-11-34-16-21)37-23-13-24-28(22(15-32)17-36-30(24)25(31)14-23)38-26(10-12-40)20-7-4-3-5-8-20/h3-9,11,13-14,16-19,26,29,35,37,39-40H,10,12,33H2,1-2H3,(H,36,38)/b27-18-/t26-,29-/m0/s1. The number of halogens is 1. The zero-order valence-corrected chi connectivity index (χ0v) is 23.2. The lowest BCUT2D eigenvalue weighted by Crippen LogP contribution is -2.32. The second-order valence-electron chi connectivity index (χ2n) is 9.56. The Morgan fingerprint density at radius 3 is 2.52 bits per heavy atom. The lowest BCUT2D eigenvalue weighted by atomic mass is 10.0. The summed E-state index contributed by atoms with van der Waals surface area (Å²) in [4.78, 5) is 8.76. The van der Waals surface area contributed by atoms with E-state index in [4.69, 9.17) is 17.4 Å². The number of hydrogen-bond acceptors (Lipinski definition) is 9. The minimum atomic E-state index is -0.395. The largest absolute Gasteiger partial charge is 0.396 e. The first-order chi connectivity index (χ1) is 19.4. The van der Waals surface area contributed by atoms with Crippen molar-refractivity contribution in [1.29, 1.82) is 5.26 Å². The molecule has 0 bridgehead atoms. The van der Waals surface area contributed by atoms with Gasteiger partial charge in [-0.2, -0.15) is 5.26 Å². The van der Waals surface area contributed by atoms with Gasteiger partial charge in [0.1, 0.15) is 6.07 Å². The van der Waals surface area contributed by atoms with Gasteiger partial charge < -0.3 is 26.5 Å². The number of benzene rings is 2. The summed E-state index contributed by atoms with van der Waals surface area (Å²) in [5.74, 6) is 5.95. The smallest absolute Gasteiger partial charge is 0.103 e. The topological polar surface area (TPSA) is 144 Å². The number of pyridine rings is 2. The molecule has 0 saturated carbocycles. The van der Waals surface area contributed by atoms with Crippen molar-refractivity contribution in [3.8, 4) is 6.07 Å². The second-order valence-corrected chi connectivity index (χ2v) is 9.97. The molecule has 9 nitrogen and oxygen atoms in total. The highest BCUT2D eigenvalue weighted by molar-refractivity contribution is 6.35. The van der Waals surface area contributed by atoms with E-state index in [1.54, 1.807) is 18.5 Å². The van der Waals surface area contributed by atoms with Crippen LogP contribution in [0.15, 0.2) is 85.1 Å². The van der Waals surface area contributed by atoms with Crippen molar-refractivity contribution in [2.24, 2.45) is 5.84 Å². The summed E-state index contributed by atoms with van der Waals surface area (Å²) in [6.45, 7) is 4.05. The van der Waals surface area contributed by atoms with E-state index in [1.165, 1.54) is 6.20 Å². The number of aliphatic hydroxyl groups is 1. The Labute approximate surface area is 239 Å². The van der Waals surface area contributed by atoms with Crippen LogP contribution >= 0.6 is 11.6 Å². The molecule has 40 heavy (non-hydrogen) atoms. The summed E-state index contributed by atoms with van der Waals surface area (Å²) in [5.41, 5.74) is 7.56. The third-order valence-electron chi connectivity index (χ3n) is 6.36. The Morgan fingerprint density at radius 1 is 1.10 bits per heavy atom. The Hall–Kier alpha value is -4.36. The van der Waals surface area contributed by atoms with Crippen molar-refractivity contribution in [1.82, 2.24) is 20.7 Å². The summed E-state index contributed by atoms with van der Waals surface area (Å²) >= 11 is 6.76. The summed E-state index contributed by atoms with van der Waals surface area (Å²) in [7, 11) is 0. The lowest BCUT2D eigenvalue weighted by Gasteiger charge is -2.25. The molecule has 0 amide bonds. The molecule has 0 aliphatic carbocycles. The molecule has 0 unspecified atom stereocenters. The number of aromatic nitrogens is 2. The Kier molecular flexibility index (Phi) is 9.76. The Balaban J connectivity index is 1.81. The van der Waals surface area contributed by atoms with Gasteiger partial charge in [0.2, 0.25) is 0 Å². The molecule has 2 aromatic heterocycles. The molecular weight excluding hydrogens is 524 g/mol. The fourth-order valence-corrected chi connectivity index (χ4v) is 4.68. The first kappa shape index (κ1) is 28.6. The molecule has 0 spiro atoms. The van der Waals surface area contributed by atoms with Crippen molar-refractivity contribution < 1.29 is 5.11 Å². The molecule has 10 heteroatoms. The van der Waals surface area contributed by atoms with Crippen LogP contribution in [0.1, 0.15) is 49.0 Å². The predicted molar refractivity (Wildman–Crippen MR) is 160 cm³/mol. The predicted octanol–water partition coefficient (Wildman–Crippen LogP) is 5.15. The number of nitrogens with one attached hydrogen (secondary N) is 4. The SMILES string of the molecule is CC(C)N/C=C(\NN)[C@@H](Nc1cc(Cl)c2ncc(C#N)c(N[C@@H](CCO)c3ccccc3)c2c1)c1cccnc1. The first-order valence-electron chi connectivity index (χ1n) is 13.0. The lowest BCUT2D eigenvalue weighted by molar-refractivity contribution is 0.280. The number of aliphatic hydroxyl groups excluding tert-OH is 1. The van der Waals surface area contributed by atoms with Crippen LogP contribution in [-0.4, -0.2) is 27.7 Å². The summed E-state index contributed by atoms with van der Waals surface area (Å²) in [6.07, 6.45) is 7.27. The van der Waals surface area contributed by atoms with E-state index in [-0.39, 0.29) is 18.7 Å². The Bertz CT molecular complexity index is 1490. The van der Waals surface area contributed by atoms with Gasteiger partial charge in [-0.1, -0.05) is 48.0 Å². The normalized spacial score (nSPS) is 13.0. The molecule has 2 atom stereocenters. The third-order valence-corrected chi connectivity index (χ3v) is 6.65. The summed E-state index contributed by atoms with van der Waals surface area (Å²) in [5, 5.41) is 31.1. The number of fused-ring (bicyclic) bond motifs is 1. The number of nitrogens with two attached hydrogens (primary N) is 1. The van der Waals surface area contributed by atoms with Crippen LogP contribution in [0, 0.1) is 11.3 Å². The highest BCUT2D eigenvalue weighted by Gasteiger charge is 2.21. The average molecular weight is 557 g/mol. The quantitative estimate of drug-likeness (QED) is 0.103. The van der Waals surface area contributed by atoms with Crippen molar-refractivity contribution in [2.75, 3.05) is 17.2 Å². The highest BCUT2D eigenvalue weighted by Crippen LogP contribution is 2.37. The van der Waals surface area contributed by atoms with Crippen molar-refractivity contribution in [2.45, 2.75) is 38.4 Å². The molecule has 0 saturated heterocycles. The second kappa shape index (κ2) is 13.6.